The number of carbonyl (C=O) groups excluding carboxylic acids is 2. The van der Waals surface area contributed by atoms with Crippen LogP contribution in [0.4, 0.5) is 5.69 Å². The summed E-state index contributed by atoms with van der Waals surface area (Å²) >= 11 is 0. The van der Waals surface area contributed by atoms with Crippen molar-refractivity contribution in [3.63, 3.8) is 0 Å². The molecule has 0 atom stereocenters. The third-order valence-corrected chi connectivity index (χ3v) is 3.59. The summed E-state index contributed by atoms with van der Waals surface area (Å²) in [6.07, 6.45) is 0.133. The molecule has 0 fully saturated rings. The van der Waals surface area contributed by atoms with Crippen molar-refractivity contribution < 1.29 is 19.3 Å². The molecule has 0 unspecified atom stereocenters. The maximum absolute atomic E-state index is 12.4. The van der Waals surface area contributed by atoms with E-state index in [0.717, 1.165) is 11.3 Å². The van der Waals surface area contributed by atoms with Crippen LogP contribution in [0.3, 0.4) is 0 Å². The average Bonchev–Trinajstić information content (AvgIpc) is 2.61. The number of amides is 1. The molecule has 6 nitrogen and oxygen atoms in total. The lowest BCUT2D eigenvalue weighted by Crippen LogP contribution is -2.36. The van der Waals surface area contributed by atoms with Crippen LogP contribution in [0.5, 0.6) is 5.75 Å². The molecule has 6 heteroatoms. The number of nitrogens with one attached hydrogen (secondary N) is 1. The first-order valence-electron chi connectivity index (χ1n) is 8.86. The molecule has 0 saturated carbocycles. The maximum Gasteiger partial charge on any atom is 0.367 e. The van der Waals surface area contributed by atoms with Gasteiger partial charge in [0.15, 0.2) is 5.75 Å². The van der Waals surface area contributed by atoms with E-state index in [2.05, 4.69) is 5.32 Å². The van der Waals surface area contributed by atoms with Crippen LogP contribution in [-0.2, 0) is 9.63 Å². The van der Waals surface area contributed by atoms with Gasteiger partial charge in [0, 0.05) is 22.9 Å². The second kappa shape index (κ2) is 8.58. The van der Waals surface area contributed by atoms with E-state index < -0.39 is 11.9 Å². The van der Waals surface area contributed by atoms with E-state index in [1.54, 1.807) is 43.3 Å². The highest BCUT2D eigenvalue weighted by Crippen LogP contribution is 2.20. The topological polar surface area (TPSA) is 67.9 Å². The molecule has 0 spiro atoms. The number of rotatable bonds is 5. The van der Waals surface area contributed by atoms with Gasteiger partial charge in [0.1, 0.15) is 0 Å². The van der Waals surface area contributed by atoms with E-state index in [9.17, 15) is 9.59 Å². The van der Waals surface area contributed by atoms with Crippen LogP contribution in [0, 0.1) is 6.92 Å². The molecule has 27 heavy (non-hydrogen) atoms. The molecule has 1 amide bonds. The van der Waals surface area contributed by atoms with Gasteiger partial charge in [-0.3, -0.25) is 9.63 Å². The van der Waals surface area contributed by atoms with Crippen LogP contribution in [0.25, 0.3) is 0 Å². The Kier molecular flexibility index (Phi) is 6.45. The van der Waals surface area contributed by atoms with E-state index in [-0.39, 0.29) is 12.0 Å². The molecule has 0 bridgehead atoms. The number of nitrogens with zero attached hydrogens (tertiary/aromatic N) is 1. The van der Waals surface area contributed by atoms with Crippen LogP contribution in [0.2, 0.25) is 0 Å². The van der Waals surface area contributed by atoms with Crippen molar-refractivity contribution in [3.8, 4) is 5.75 Å². The Bertz CT molecular complexity index is 795. The summed E-state index contributed by atoms with van der Waals surface area (Å²) in [6, 6.07) is 14.0. The zero-order chi connectivity index (χ0) is 20.0. The Balaban J connectivity index is 2.11. The number of benzene rings is 2. The summed E-state index contributed by atoms with van der Waals surface area (Å²) < 4.78 is 0. The first kappa shape index (κ1) is 20.3. The molecule has 0 heterocycles. The minimum absolute atomic E-state index is 0.0895. The standard InChI is InChI=1S/C21H26N2O4/c1-6-19(24)23(26-18-10-8-7-9-15(18)2)27-20(25)16-11-13-17(14-12-16)22-21(3,4)5/h7-14,22H,6H2,1-5H3. The van der Waals surface area contributed by atoms with Gasteiger partial charge in [-0.25, -0.2) is 4.79 Å². The minimum atomic E-state index is -0.673. The van der Waals surface area contributed by atoms with Crippen molar-refractivity contribution in [1.29, 1.82) is 0 Å². The lowest BCUT2D eigenvalue weighted by atomic mass is 10.1. The van der Waals surface area contributed by atoms with E-state index >= 15 is 0 Å². The third-order valence-electron chi connectivity index (χ3n) is 3.59. The Morgan fingerprint density at radius 2 is 1.67 bits per heavy atom. The summed E-state index contributed by atoms with van der Waals surface area (Å²) in [5, 5.41) is 3.96. The van der Waals surface area contributed by atoms with Gasteiger partial charge in [0.05, 0.1) is 5.56 Å². The molecule has 2 rings (SSSR count). The Hall–Kier alpha value is -3.02. The third kappa shape index (κ3) is 6.02. The highest BCUT2D eigenvalue weighted by molar-refractivity contribution is 5.90. The Morgan fingerprint density at radius 3 is 2.22 bits per heavy atom. The molecule has 0 saturated heterocycles. The van der Waals surface area contributed by atoms with Crippen LogP contribution in [-0.4, -0.2) is 22.6 Å². The number of carbonyl (C=O) groups is 2. The fraction of sp³-hybridized carbons (Fsp3) is 0.333. The van der Waals surface area contributed by atoms with Crippen molar-refractivity contribution in [2.45, 2.75) is 46.6 Å². The van der Waals surface area contributed by atoms with E-state index in [1.165, 1.54) is 0 Å². The minimum Gasteiger partial charge on any atom is -0.380 e. The second-order valence-corrected chi connectivity index (χ2v) is 7.19. The molecule has 0 aromatic heterocycles. The number of hydrogen-bond acceptors (Lipinski definition) is 5. The molecule has 0 aliphatic rings. The van der Waals surface area contributed by atoms with Gasteiger partial charge in [-0.1, -0.05) is 25.1 Å². The van der Waals surface area contributed by atoms with Gasteiger partial charge < -0.3 is 10.2 Å². The molecule has 0 aliphatic heterocycles. The molecule has 0 aliphatic carbocycles. The summed E-state index contributed by atoms with van der Waals surface area (Å²) in [4.78, 5) is 35.2. The lowest BCUT2D eigenvalue weighted by molar-refractivity contribution is -0.263. The molecule has 2 aromatic carbocycles. The van der Waals surface area contributed by atoms with Crippen LogP contribution >= 0.6 is 0 Å². The summed E-state index contributed by atoms with van der Waals surface area (Å²) in [6.45, 7) is 9.65. The predicted octanol–water partition coefficient (Wildman–Crippen LogP) is 4.51. The van der Waals surface area contributed by atoms with Crippen molar-refractivity contribution in [2.75, 3.05) is 5.32 Å². The quantitative estimate of drug-likeness (QED) is 0.784. The summed E-state index contributed by atoms with van der Waals surface area (Å²) in [7, 11) is 0. The van der Waals surface area contributed by atoms with Crippen molar-refractivity contribution in [1.82, 2.24) is 5.23 Å². The SMILES string of the molecule is CCC(=O)N(OC(=O)c1ccc(NC(C)(C)C)cc1)Oc1ccccc1C. The number of para-hydroxylation sites is 1. The van der Waals surface area contributed by atoms with Crippen LogP contribution in [0.1, 0.15) is 50.0 Å². The largest absolute Gasteiger partial charge is 0.380 e. The Labute approximate surface area is 160 Å². The van der Waals surface area contributed by atoms with Gasteiger partial charge in [0.25, 0.3) is 5.91 Å². The number of hydrogen-bond donors (Lipinski definition) is 1. The summed E-state index contributed by atoms with van der Waals surface area (Å²) in [5.74, 6) is -0.692. The number of aryl methyl sites for hydroxylation is 1. The van der Waals surface area contributed by atoms with Crippen LogP contribution < -0.4 is 10.2 Å². The fourth-order valence-electron chi connectivity index (χ4n) is 2.25. The van der Waals surface area contributed by atoms with Gasteiger partial charge >= 0.3 is 5.97 Å². The highest BCUT2D eigenvalue weighted by atomic mass is 17.0. The molecule has 144 valence electrons. The monoisotopic (exact) mass is 370 g/mol. The normalized spacial score (nSPS) is 10.9. The predicted molar refractivity (Wildman–Crippen MR) is 104 cm³/mol. The van der Waals surface area contributed by atoms with Crippen molar-refractivity contribution in [2.24, 2.45) is 0 Å². The molecular formula is C21H26N2O4. The fourth-order valence-corrected chi connectivity index (χ4v) is 2.25. The van der Waals surface area contributed by atoms with Gasteiger partial charge in [0.2, 0.25) is 0 Å². The van der Waals surface area contributed by atoms with E-state index in [4.69, 9.17) is 9.68 Å². The van der Waals surface area contributed by atoms with Crippen LogP contribution in [0.15, 0.2) is 48.5 Å². The molecule has 2 aromatic rings. The molecular weight excluding hydrogens is 344 g/mol. The van der Waals surface area contributed by atoms with Crippen molar-refractivity contribution >= 4 is 17.6 Å². The zero-order valence-corrected chi connectivity index (χ0v) is 16.4. The lowest BCUT2D eigenvalue weighted by Gasteiger charge is -2.22. The zero-order valence-electron chi connectivity index (χ0n) is 16.4. The molecule has 0 radical (unpaired) electrons. The highest BCUT2D eigenvalue weighted by Gasteiger charge is 2.22. The maximum atomic E-state index is 12.4. The van der Waals surface area contributed by atoms with E-state index in [1.807, 2.05) is 39.8 Å². The van der Waals surface area contributed by atoms with Gasteiger partial charge in [-0.15, -0.1) is 0 Å². The van der Waals surface area contributed by atoms with E-state index in [0.29, 0.717) is 16.5 Å². The average molecular weight is 370 g/mol. The second-order valence-electron chi connectivity index (χ2n) is 7.19. The van der Waals surface area contributed by atoms with Crippen molar-refractivity contribution in [3.05, 3.63) is 59.7 Å². The first-order chi connectivity index (χ1) is 12.7. The molecule has 1 N–H and O–H groups in total. The smallest absolute Gasteiger partial charge is 0.367 e. The number of anilines is 1. The number of hydroxylamine groups is 2. The van der Waals surface area contributed by atoms with Gasteiger partial charge in [-0.2, -0.15) is 0 Å². The Morgan fingerprint density at radius 1 is 1.04 bits per heavy atom. The first-order valence-corrected chi connectivity index (χ1v) is 8.86. The summed E-state index contributed by atoms with van der Waals surface area (Å²) in [5.41, 5.74) is 1.93. The van der Waals surface area contributed by atoms with Gasteiger partial charge in [-0.05, 0) is 63.6 Å².